The van der Waals surface area contributed by atoms with Crippen molar-refractivity contribution in [2.45, 2.75) is 118 Å². The van der Waals surface area contributed by atoms with E-state index in [0.29, 0.717) is 16.7 Å². The van der Waals surface area contributed by atoms with Gasteiger partial charge in [-0.25, -0.2) is 0 Å². The van der Waals surface area contributed by atoms with Crippen LogP contribution in [0.2, 0.25) is 0 Å². The lowest BCUT2D eigenvalue weighted by Crippen LogP contribution is -2.37. The van der Waals surface area contributed by atoms with Gasteiger partial charge in [0.2, 0.25) is 0 Å². The van der Waals surface area contributed by atoms with Crippen LogP contribution in [0.4, 0.5) is 0 Å². The van der Waals surface area contributed by atoms with E-state index in [4.69, 9.17) is 11.6 Å². The smallest absolute Gasteiger partial charge is 0.0338 e. The van der Waals surface area contributed by atoms with Crippen molar-refractivity contribution >= 4 is 11.6 Å². The van der Waals surface area contributed by atoms with Crippen molar-refractivity contribution < 1.29 is 0 Å². The highest BCUT2D eigenvalue weighted by molar-refractivity contribution is 6.20. The molecule has 0 aromatic rings. The molecule has 2 aliphatic rings. The molecular formula is C27H49Cl. The van der Waals surface area contributed by atoms with E-state index < -0.39 is 0 Å². The Bertz CT molecular complexity index is 465. The van der Waals surface area contributed by atoms with Crippen molar-refractivity contribution in [2.75, 3.05) is 0 Å². The summed E-state index contributed by atoms with van der Waals surface area (Å²) >= 11 is 6.66. The molecule has 0 aromatic carbocycles. The molecule has 0 saturated heterocycles. The molecule has 1 heteroatoms. The molecule has 0 N–H and O–H groups in total. The minimum Gasteiger partial charge on any atom is -0.123 e. The summed E-state index contributed by atoms with van der Waals surface area (Å²) in [6, 6.07) is 0. The van der Waals surface area contributed by atoms with E-state index in [0.717, 1.165) is 36.0 Å². The van der Waals surface area contributed by atoms with Crippen LogP contribution in [-0.2, 0) is 0 Å². The van der Waals surface area contributed by atoms with Crippen molar-refractivity contribution in [3.8, 4) is 0 Å². The summed E-state index contributed by atoms with van der Waals surface area (Å²) < 4.78 is 0. The van der Waals surface area contributed by atoms with Gasteiger partial charge in [0.15, 0.2) is 0 Å². The van der Waals surface area contributed by atoms with Gasteiger partial charge in [-0.1, -0.05) is 73.0 Å². The molecule has 2 rings (SSSR count). The molecule has 28 heavy (non-hydrogen) atoms. The SMILES string of the molecule is CCCC(Cl)CC(C)C(C)(C)C(C)C1CCC(CCC)C1CC1CC=CCC1. The number of hydrogen-bond acceptors (Lipinski definition) is 0. The van der Waals surface area contributed by atoms with Gasteiger partial charge in [0, 0.05) is 5.38 Å². The van der Waals surface area contributed by atoms with Crippen LogP contribution < -0.4 is 0 Å². The van der Waals surface area contributed by atoms with Gasteiger partial charge in [-0.15, -0.1) is 11.6 Å². The lowest BCUT2D eigenvalue weighted by atomic mass is 9.61. The Kier molecular flexibility index (Phi) is 9.92. The van der Waals surface area contributed by atoms with Gasteiger partial charge in [-0.05, 0) is 92.3 Å². The third-order valence-corrected chi connectivity index (χ3v) is 9.36. The lowest BCUT2D eigenvalue weighted by molar-refractivity contribution is 0.0522. The molecule has 0 aromatic heterocycles. The van der Waals surface area contributed by atoms with E-state index >= 15 is 0 Å². The van der Waals surface area contributed by atoms with Crippen LogP contribution in [0.1, 0.15) is 112 Å². The normalized spacial score (nSPS) is 31.7. The lowest BCUT2D eigenvalue weighted by Gasteiger charge is -2.44. The van der Waals surface area contributed by atoms with E-state index in [9.17, 15) is 0 Å². The highest BCUT2D eigenvalue weighted by Gasteiger charge is 2.45. The van der Waals surface area contributed by atoms with Gasteiger partial charge in [-0.2, -0.15) is 0 Å². The predicted octanol–water partition coefficient (Wildman–Crippen LogP) is 9.27. The average molecular weight is 409 g/mol. The van der Waals surface area contributed by atoms with Crippen LogP contribution in [0, 0.1) is 40.9 Å². The molecule has 0 aliphatic heterocycles. The molecule has 0 radical (unpaired) electrons. The van der Waals surface area contributed by atoms with Crippen molar-refractivity contribution in [3.05, 3.63) is 12.2 Å². The monoisotopic (exact) mass is 408 g/mol. The van der Waals surface area contributed by atoms with E-state index in [1.807, 2.05) is 0 Å². The topological polar surface area (TPSA) is 0 Å². The van der Waals surface area contributed by atoms with Gasteiger partial charge in [0.05, 0.1) is 0 Å². The van der Waals surface area contributed by atoms with Crippen molar-refractivity contribution in [2.24, 2.45) is 40.9 Å². The predicted molar refractivity (Wildman–Crippen MR) is 127 cm³/mol. The first kappa shape index (κ1) is 24.3. The Labute approximate surface area is 182 Å². The van der Waals surface area contributed by atoms with E-state index in [1.54, 1.807) is 0 Å². The van der Waals surface area contributed by atoms with Gasteiger partial charge in [-0.3, -0.25) is 0 Å². The largest absolute Gasteiger partial charge is 0.123 e. The van der Waals surface area contributed by atoms with Crippen LogP contribution in [0.25, 0.3) is 0 Å². The van der Waals surface area contributed by atoms with Crippen LogP contribution >= 0.6 is 11.6 Å². The second-order valence-corrected chi connectivity index (χ2v) is 11.6. The van der Waals surface area contributed by atoms with Crippen LogP contribution in [0.5, 0.6) is 0 Å². The maximum Gasteiger partial charge on any atom is 0.0338 e. The highest BCUT2D eigenvalue weighted by Crippen LogP contribution is 2.53. The molecule has 1 fully saturated rings. The Hall–Kier alpha value is 0.0300. The molecule has 0 bridgehead atoms. The maximum atomic E-state index is 6.66. The Morgan fingerprint density at radius 1 is 1.04 bits per heavy atom. The second kappa shape index (κ2) is 11.4. The zero-order valence-electron chi connectivity index (χ0n) is 19.9. The number of hydrogen-bond donors (Lipinski definition) is 0. The number of rotatable bonds is 11. The van der Waals surface area contributed by atoms with Gasteiger partial charge < -0.3 is 0 Å². The fourth-order valence-corrected chi connectivity index (χ4v) is 6.96. The molecule has 0 amide bonds. The van der Waals surface area contributed by atoms with Gasteiger partial charge in [0.25, 0.3) is 0 Å². The minimum atomic E-state index is 0.354. The Morgan fingerprint density at radius 3 is 2.39 bits per heavy atom. The number of alkyl halides is 1. The van der Waals surface area contributed by atoms with Gasteiger partial charge in [0.1, 0.15) is 0 Å². The van der Waals surface area contributed by atoms with Crippen molar-refractivity contribution in [1.82, 2.24) is 0 Å². The van der Waals surface area contributed by atoms with Crippen LogP contribution in [-0.4, -0.2) is 5.38 Å². The zero-order valence-corrected chi connectivity index (χ0v) is 20.6. The standard InChI is InChI=1S/C27H49Cl/c1-7-12-23-16-17-25(26(23)19-22-14-10-9-11-15-22)21(4)27(5,6)20(3)18-24(28)13-8-2/h9-10,20-26H,7-8,11-19H2,1-6H3. The quantitative estimate of drug-likeness (QED) is 0.236. The fourth-order valence-electron chi connectivity index (χ4n) is 6.48. The summed E-state index contributed by atoms with van der Waals surface area (Å²) in [5.74, 6) is 5.29. The molecule has 7 atom stereocenters. The van der Waals surface area contributed by atoms with Crippen LogP contribution in [0.3, 0.4) is 0 Å². The molecular weight excluding hydrogens is 360 g/mol. The third-order valence-electron chi connectivity index (χ3n) is 8.97. The summed E-state index contributed by atoms with van der Waals surface area (Å²) in [5, 5.41) is 0.354. The maximum absolute atomic E-state index is 6.66. The average Bonchev–Trinajstić information content (AvgIpc) is 3.04. The molecule has 0 heterocycles. The summed E-state index contributed by atoms with van der Waals surface area (Å²) in [6.45, 7) is 14.8. The van der Waals surface area contributed by atoms with Gasteiger partial charge >= 0.3 is 0 Å². The highest BCUT2D eigenvalue weighted by atomic mass is 35.5. The van der Waals surface area contributed by atoms with Crippen LogP contribution in [0.15, 0.2) is 12.2 Å². The Morgan fingerprint density at radius 2 is 1.79 bits per heavy atom. The fraction of sp³-hybridized carbons (Fsp3) is 0.926. The number of allylic oxidation sites excluding steroid dienone is 2. The third kappa shape index (κ3) is 6.26. The first-order chi connectivity index (χ1) is 13.3. The summed E-state index contributed by atoms with van der Waals surface area (Å²) in [6.07, 6.45) is 19.7. The molecule has 2 aliphatic carbocycles. The van der Waals surface area contributed by atoms with E-state index in [1.165, 1.54) is 64.2 Å². The summed E-state index contributed by atoms with van der Waals surface area (Å²) in [4.78, 5) is 0. The summed E-state index contributed by atoms with van der Waals surface area (Å²) in [5.41, 5.74) is 0.372. The van der Waals surface area contributed by atoms with E-state index in [-0.39, 0.29) is 0 Å². The minimum absolute atomic E-state index is 0.354. The molecule has 1 saturated carbocycles. The molecule has 7 unspecified atom stereocenters. The second-order valence-electron chi connectivity index (χ2n) is 11.0. The Balaban J connectivity index is 2.08. The number of halogens is 1. The molecule has 0 nitrogen and oxygen atoms in total. The molecule has 0 spiro atoms. The van der Waals surface area contributed by atoms with Crippen molar-refractivity contribution in [3.63, 3.8) is 0 Å². The zero-order chi connectivity index (χ0) is 20.7. The first-order valence-corrected chi connectivity index (χ1v) is 13.0. The van der Waals surface area contributed by atoms with Crippen molar-refractivity contribution in [1.29, 1.82) is 0 Å². The molecule has 164 valence electrons. The summed E-state index contributed by atoms with van der Waals surface area (Å²) in [7, 11) is 0. The van der Waals surface area contributed by atoms with E-state index in [2.05, 4.69) is 53.7 Å². The first-order valence-electron chi connectivity index (χ1n) is 12.6.